The van der Waals surface area contributed by atoms with Crippen molar-refractivity contribution in [2.75, 3.05) is 20.3 Å². The highest BCUT2D eigenvalue weighted by Crippen LogP contribution is 2.21. The molecule has 0 aliphatic rings. The third-order valence-electron chi connectivity index (χ3n) is 2.83. The fourth-order valence-electron chi connectivity index (χ4n) is 1.52. The molecule has 0 aliphatic carbocycles. The van der Waals surface area contributed by atoms with E-state index in [0.717, 1.165) is 16.9 Å². The molecule has 1 aromatic rings. The molecule has 18 heavy (non-hydrogen) atoms. The maximum absolute atomic E-state index is 11.7. The minimum Gasteiger partial charge on any atom is -0.481 e. The van der Waals surface area contributed by atoms with Crippen molar-refractivity contribution in [3.63, 3.8) is 0 Å². The van der Waals surface area contributed by atoms with Gasteiger partial charge in [0.25, 0.3) is 5.91 Å². The molecular formula is C14H21NO3. The summed E-state index contributed by atoms with van der Waals surface area (Å²) in [7, 11) is 1.60. The van der Waals surface area contributed by atoms with Crippen LogP contribution in [0.2, 0.25) is 0 Å². The third-order valence-corrected chi connectivity index (χ3v) is 2.83. The molecule has 0 aliphatic heterocycles. The van der Waals surface area contributed by atoms with Gasteiger partial charge in [-0.15, -0.1) is 0 Å². The molecule has 0 fully saturated rings. The Labute approximate surface area is 108 Å². The molecule has 0 aromatic heterocycles. The van der Waals surface area contributed by atoms with Gasteiger partial charge in [0.05, 0.1) is 6.61 Å². The molecule has 1 rings (SSSR count). The molecule has 0 saturated heterocycles. The van der Waals surface area contributed by atoms with Gasteiger partial charge in [-0.2, -0.15) is 0 Å². The summed E-state index contributed by atoms with van der Waals surface area (Å²) in [5.41, 5.74) is 2.22. The SMILES string of the molecule is COCCNC(=O)[C@H](C)Oc1cccc(C)c1C. The second kappa shape index (κ2) is 7.01. The van der Waals surface area contributed by atoms with E-state index in [1.165, 1.54) is 0 Å². The second-order valence-corrected chi connectivity index (χ2v) is 4.24. The third kappa shape index (κ3) is 4.04. The van der Waals surface area contributed by atoms with E-state index in [0.29, 0.717) is 13.2 Å². The molecule has 100 valence electrons. The molecule has 4 heteroatoms. The lowest BCUT2D eigenvalue weighted by Crippen LogP contribution is -2.38. The first-order valence-corrected chi connectivity index (χ1v) is 6.05. The number of rotatable bonds is 6. The molecular weight excluding hydrogens is 230 g/mol. The normalized spacial score (nSPS) is 12.0. The first kappa shape index (κ1) is 14.5. The highest BCUT2D eigenvalue weighted by molar-refractivity contribution is 5.80. The Kier molecular flexibility index (Phi) is 5.65. The van der Waals surface area contributed by atoms with Crippen molar-refractivity contribution in [2.24, 2.45) is 0 Å². The fourth-order valence-corrected chi connectivity index (χ4v) is 1.52. The monoisotopic (exact) mass is 251 g/mol. The zero-order valence-electron chi connectivity index (χ0n) is 11.4. The fraction of sp³-hybridized carbons (Fsp3) is 0.500. The maximum Gasteiger partial charge on any atom is 0.260 e. The van der Waals surface area contributed by atoms with E-state index in [1.54, 1.807) is 14.0 Å². The van der Waals surface area contributed by atoms with E-state index in [-0.39, 0.29) is 5.91 Å². The Hall–Kier alpha value is -1.55. The van der Waals surface area contributed by atoms with Crippen molar-refractivity contribution < 1.29 is 14.3 Å². The van der Waals surface area contributed by atoms with Crippen LogP contribution in [-0.4, -0.2) is 32.3 Å². The summed E-state index contributed by atoms with van der Waals surface area (Å²) >= 11 is 0. The van der Waals surface area contributed by atoms with Crippen LogP contribution >= 0.6 is 0 Å². The molecule has 0 unspecified atom stereocenters. The van der Waals surface area contributed by atoms with Crippen molar-refractivity contribution in [1.82, 2.24) is 5.32 Å². The van der Waals surface area contributed by atoms with Gasteiger partial charge < -0.3 is 14.8 Å². The number of amides is 1. The molecule has 4 nitrogen and oxygen atoms in total. The average molecular weight is 251 g/mol. The van der Waals surface area contributed by atoms with Gasteiger partial charge in [0, 0.05) is 13.7 Å². The molecule has 0 heterocycles. The molecule has 1 aromatic carbocycles. The number of nitrogens with one attached hydrogen (secondary N) is 1. The van der Waals surface area contributed by atoms with Crippen LogP contribution in [-0.2, 0) is 9.53 Å². The van der Waals surface area contributed by atoms with E-state index in [1.807, 2.05) is 32.0 Å². The Bertz CT molecular complexity index is 404. The highest BCUT2D eigenvalue weighted by atomic mass is 16.5. The van der Waals surface area contributed by atoms with Crippen LogP contribution in [0.1, 0.15) is 18.1 Å². The van der Waals surface area contributed by atoms with E-state index >= 15 is 0 Å². The quantitative estimate of drug-likeness (QED) is 0.785. The summed E-state index contributed by atoms with van der Waals surface area (Å²) in [6.45, 7) is 6.74. The first-order valence-electron chi connectivity index (χ1n) is 6.05. The van der Waals surface area contributed by atoms with Crippen LogP contribution in [0.4, 0.5) is 0 Å². The highest BCUT2D eigenvalue weighted by Gasteiger charge is 2.15. The van der Waals surface area contributed by atoms with Crippen LogP contribution in [0.3, 0.4) is 0 Å². The predicted octanol–water partition coefficient (Wildman–Crippen LogP) is 1.83. The predicted molar refractivity (Wildman–Crippen MR) is 70.9 cm³/mol. The molecule has 0 bridgehead atoms. The standard InChI is InChI=1S/C14H21NO3/c1-10-6-5-7-13(11(10)2)18-12(3)14(16)15-8-9-17-4/h5-7,12H,8-9H2,1-4H3,(H,15,16)/t12-/m0/s1. The largest absolute Gasteiger partial charge is 0.481 e. The van der Waals surface area contributed by atoms with Crippen LogP contribution in [0, 0.1) is 13.8 Å². The summed E-state index contributed by atoms with van der Waals surface area (Å²) in [5.74, 6) is 0.623. The number of ether oxygens (including phenoxy) is 2. The van der Waals surface area contributed by atoms with Crippen molar-refractivity contribution in [2.45, 2.75) is 26.9 Å². The summed E-state index contributed by atoms with van der Waals surface area (Å²) in [6, 6.07) is 5.82. The van der Waals surface area contributed by atoms with E-state index in [9.17, 15) is 4.79 Å². The molecule has 0 spiro atoms. The zero-order valence-corrected chi connectivity index (χ0v) is 11.4. The molecule has 0 saturated carbocycles. The summed E-state index contributed by atoms with van der Waals surface area (Å²) in [4.78, 5) is 11.7. The van der Waals surface area contributed by atoms with Crippen molar-refractivity contribution in [3.05, 3.63) is 29.3 Å². The Morgan fingerprint density at radius 1 is 1.39 bits per heavy atom. The van der Waals surface area contributed by atoms with Gasteiger partial charge in [-0.25, -0.2) is 0 Å². The van der Waals surface area contributed by atoms with Gasteiger partial charge >= 0.3 is 0 Å². The number of aryl methyl sites for hydroxylation is 1. The number of carbonyl (C=O) groups excluding carboxylic acids is 1. The van der Waals surface area contributed by atoms with Crippen LogP contribution in [0.15, 0.2) is 18.2 Å². The maximum atomic E-state index is 11.7. The smallest absolute Gasteiger partial charge is 0.260 e. The lowest BCUT2D eigenvalue weighted by molar-refractivity contribution is -0.127. The van der Waals surface area contributed by atoms with Gasteiger partial charge in [-0.3, -0.25) is 4.79 Å². The minimum absolute atomic E-state index is 0.132. The van der Waals surface area contributed by atoms with Crippen molar-refractivity contribution >= 4 is 5.91 Å². The van der Waals surface area contributed by atoms with Crippen LogP contribution < -0.4 is 10.1 Å². The van der Waals surface area contributed by atoms with Gasteiger partial charge in [0.2, 0.25) is 0 Å². The van der Waals surface area contributed by atoms with E-state index in [4.69, 9.17) is 9.47 Å². The average Bonchev–Trinajstić information content (AvgIpc) is 2.35. The minimum atomic E-state index is -0.512. The van der Waals surface area contributed by atoms with Gasteiger partial charge in [0.15, 0.2) is 6.10 Å². The Morgan fingerprint density at radius 2 is 2.11 bits per heavy atom. The second-order valence-electron chi connectivity index (χ2n) is 4.24. The molecule has 1 N–H and O–H groups in total. The number of hydrogen-bond donors (Lipinski definition) is 1. The Balaban J connectivity index is 2.56. The van der Waals surface area contributed by atoms with Gasteiger partial charge in [0.1, 0.15) is 5.75 Å². The number of carbonyl (C=O) groups is 1. The van der Waals surface area contributed by atoms with E-state index in [2.05, 4.69) is 5.32 Å². The van der Waals surface area contributed by atoms with Crippen LogP contribution in [0.5, 0.6) is 5.75 Å². The zero-order chi connectivity index (χ0) is 13.5. The number of hydrogen-bond acceptors (Lipinski definition) is 3. The first-order chi connectivity index (χ1) is 8.56. The number of benzene rings is 1. The van der Waals surface area contributed by atoms with Gasteiger partial charge in [-0.1, -0.05) is 12.1 Å². The summed E-state index contributed by atoms with van der Waals surface area (Å²) in [6.07, 6.45) is -0.512. The summed E-state index contributed by atoms with van der Waals surface area (Å²) in [5, 5.41) is 2.75. The Morgan fingerprint density at radius 3 is 2.78 bits per heavy atom. The van der Waals surface area contributed by atoms with Crippen molar-refractivity contribution in [3.8, 4) is 5.75 Å². The topological polar surface area (TPSA) is 47.6 Å². The molecule has 0 radical (unpaired) electrons. The lowest BCUT2D eigenvalue weighted by Gasteiger charge is -2.17. The lowest BCUT2D eigenvalue weighted by atomic mass is 10.1. The number of methoxy groups -OCH3 is 1. The van der Waals surface area contributed by atoms with Crippen LogP contribution in [0.25, 0.3) is 0 Å². The molecule has 1 amide bonds. The van der Waals surface area contributed by atoms with Crippen molar-refractivity contribution in [1.29, 1.82) is 0 Å². The molecule has 1 atom stereocenters. The van der Waals surface area contributed by atoms with Gasteiger partial charge in [-0.05, 0) is 38.0 Å². The summed E-state index contributed by atoms with van der Waals surface area (Å²) < 4.78 is 10.5. The van der Waals surface area contributed by atoms with E-state index < -0.39 is 6.10 Å².